The zero-order valence-corrected chi connectivity index (χ0v) is 14.0. The molecule has 1 heterocycles. The van der Waals surface area contributed by atoms with Crippen LogP contribution in [0.15, 0.2) is 38.6 Å². The highest BCUT2D eigenvalue weighted by atomic mass is 79.9. The van der Waals surface area contributed by atoms with E-state index in [1.807, 2.05) is 12.1 Å². The molecule has 0 aliphatic rings. The molecule has 90 valence electrons. The van der Waals surface area contributed by atoms with Crippen molar-refractivity contribution in [2.24, 2.45) is 0 Å². The average molecular weight is 395 g/mol. The van der Waals surface area contributed by atoms with Gasteiger partial charge in [-0.2, -0.15) is 0 Å². The van der Waals surface area contributed by atoms with Crippen molar-refractivity contribution in [3.05, 3.63) is 54.6 Å². The molecular formula is C13H11Br2ClS. The van der Waals surface area contributed by atoms with Gasteiger partial charge in [0.05, 0.1) is 9.16 Å². The Balaban J connectivity index is 2.16. The number of hydrogen-bond donors (Lipinski definition) is 0. The molecule has 0 N–H and O–H groups in total. The summed E-state index contributed by atoms with van der Waals surface area (Å²) in [5.41, 5.74) is 2.48. The van der Waals surface area contributed by atoms with Crippen molar-refractivity contribution in [3.63, 3.8) is 0 Å². The number of benzene rings is 1. The molecule has 0 nitrogen and oxygen atoms in total. The molecule has 0 aliphatic carbocycles. The number of thiophene rings is 1. The Morgan fingerprint density at radius 3 is 2.65 bits per heavy atom. The maximum absolute atomic E-state index is 6.48. The molecule has 1 aromatic heterocycles. The van der Waals surface area contributed by atoms with Gasteiger partial charge in [-0.1, -0.05) is 28.1 Å². The molecule has 0 radical (unpaired) electrons. The zero-order valence-electron chi connectivity index (χ0n) is 9.21. The van der Waals surface area contributed by atoms with E-state index in [1.54, 1.807) is 11.3 Å². The van der Waals surface area contributed by atoms with Crippen LogP contribution >= 0.6 is 54.8 Å². The fourth-order valence-electron chi connectivity index (χ4n) is 1.75. The smallest absolute Gasteiger partial charge is 0.0704 e. The summed E-state index contributed by atoms with van der Waals surface area (Å²) in [6.07, 6.45) is 0.852. The Morgan fingerprint density at radius 2 is 2.06 bits per heavy atom. The Bertz CT molecular complexity index is 522. The molecule has 0 amide bonds. The highest BCUT2D eigenvalue weighted by Crippen LogP contribution is 2.35. The van der Waals surface area contributed by atoms with Gasteiger partial charge in [0.2, 0.25) is 0 Å². The van der Waals surface area contributed by atoms with Crippen LogP contribution in [0, 0.1) is 6.92 Å². The van der Waals surface area contributed by atoms with Gasteiger partial charge < -0.3 is 0 Å². The standard InChI is InChI=1S/C13H11Br2ClS/c1-8-11(7-13(15)17-8)12(16)6-9-3-2-4-10(14)5-9/h2-5,7,12H,6H2,1H3. The highest BCUT2D eigenvalue weighted by Gasteiger charge is 2.14. The van der Waals surface area contributed by atoms with Gasteiger partial charge >= 0.3 is 0 Å². The van der Waals surface area contributed by atoms with Crippen molar-refractivity contribution in [1.29, 1.82) is 0 Å². The van der Waals surface area contributed by atoms with Gasteiger partial charge in [0, 0.05) is 9.35 Å². The largest absolute Gasteiger partial charge is 0.133 e. The lowest BCUT2D eigenvalue weighted by atomic mass is 10.1. The van der Waals surface area contributed by atoms with E-state index in [1.165, 1.54) is 16.0 Å². The van der Waals surface area contributed by atoms with Crippen LogP contribution in [0.3, 0.4) is 0 Å². The molecular weight excluding hydrogens is 383 g/mol. The molecule has 17 heavy (non-hydrogen) atoms. The summed E-state index contributed by atoms with van der Waals surface area (Å²) in [6, 6.07) is 10.4. The van der Waals surface area contributed by atoms with Gasteiger partial charge in [-0.15, -0.1) is 22.9 Å². The van der Waals surface area contributed by atoms with E-state index < -0.39 is 0 Å². The Labute approximate surface area is 127 Å². The molecule has 0 fully saturated rings. The third-order valence-electron chi connectivity index (χ3n) is 2.57. The normalized spacial score (nSPS) is 12.7. The maximum atomic E-state index is 6.48. The van der Waals surface area contributed by atoms with E-state index in [0.717, 1.165) is 14.7 Å². The van der Waals surface area contributed by atoms with Crippen molar-refractivity contribution < 1.29 is 0 Å². The number of aryl methyl sites for hydroxylation is 1. The lowest BCUT2D eigenvalue weighted by molar-refractivity contribution is 0.916. The Morgan fingerprint density at radius 1 is 1.29 bits per heavy atom. The van der Waals surface area contributed by atoms with Crippen LogP contribution in [0.5, 0.6) is 0 Å². The summed E-state index contributed by atoms with van der Waals surface area (Å²) in [4.78, 5) is 1.28. The molecule has 1 unspecified atom stereocenters. The lowest BCUT2D eigenvalue weighted by Gasteiger charge is -2.09. The minimum atomic E-state index is 0.0341. The van der Waals surface area contributed by atoms with Crippen LogP contribution in [0.2, 0.25) is 0 Å². The molecule has 0 bridgehead atoms. The molecule has 1 aromatic carbocycles. The van der Waals surface area contributed by atoms with Crippen molar-refractivity contribution in [1.82, 2.24) is 0 Å². The fourth-order valence-corrected chi connectivity index (χ4v) is 4.44. The van der Waals surface area contributed by atoms with E-state index in [0.29, 0.717) is 0 Å². The molecule has 0 spiro atoms. The van der Waals surface area contributed by atoms with Crippen LogP contribution in [0.1, 0.15) is 21.4 Å². The molecule has 0 saturated carbocycles. The number of rotatable bonds is 3. The number of halogens is 3. The van der Waals surface area contributed by atoms with E-state index >= 15 is 0 Å². The monoisotopic (exact) mass is 392 g/mol. The highest BCUT2D eigenvalue weighted by molar-refractivity contribution is 9.11. The third-order valence-corrected chi connectivity index (χ3v) is 5.02. The van der Waals surface area contributed by atoms with Gasteiger partial charge in [-0.05, 0) is 58.6 Å². The minimum absolute atomic E-state index is 0.0341. The second-order valence-corrected chi connectivity index (χ2v) is 7.94. The number of alkyl halides is 1. The summed E-state index contributed by atoms with van der Waals surface area (Å²) < 4.78 is 2.24. The van der Waals surface area contributed by atoms with Crippen molar-refractivity contribution >= 4 is 54.8 Å². The summed E-state index contributed by atoms with van der Waals surface area (Å²) in [6.45, 7) is 2.11. The van der Waals surface area contributed by atoms with Gasteiger partial charge in [-0.25, -0.2) is 0 Å². The van der Waals surface area contributed by atoms with Crippen molar-refractivity contribution in [2.45, 2.75) is 18.7 Å². The Hall–Kier alpha value is 0.170. The van der Waals surface area contributed by atoms with E-state index in [2.05, 4.69) is 57.0 Å². The summed E-state index contributed by atoms with van der Waals surface area (Å²) in [7, 11) is 0. The molecule has 2 rings (SSSR count). The second kappa shape index (κ2) is 5.87. The van der Waals surface area contributed by atoms with Gasteiger partial charge in [-0.3, -0.25) is 0 Å². The predicted molar refractivity (Wildman–Crippen MR) is 83.2 cm³/mol. The third kappa shape index (κ3) is 3.57. The van der Waals surface area contributed by atoms with Gasteiger partial charge in [0.15, 0.2) is 0 Å². The quantitative estimate of drug-likeness (QED) is 0.552. The SMILES string of the molecule is Cc1sc(Br)cc1C(Cl)Cc1cccc(Br)c1. The molecule has 1 atom stereocenters. The van der Waals surface area contributed by atoms with Crippen LogP contribution in [-0.2, 0) is 6.42 Å². The summed E-state index contributed by atoms with van der Waals surface area (Å²) >= 11 is 15.2. The van der Waals surface area contributed by atoms with E-state index in [-0.39, 0.29) is 5.38 Å². The molecule has 0 aliphatic heterocycles. The van der Waals surface area contributed by atoms with E-state index in [9.17, 15) is 0 Å². The maximum Gasteiger partial charge on any atom is 0.0704 e. The molecule has 4 heteroatoms. The first-order chi connectivity index (χ1) is 8.06. The summed E-state index contributed by atoms with van der Waals surface area (Å²) in [5.74, 6) is 0. The topological polar surface area (TPSA) is 0 Å². The van der Waals surface area contributed by atoms with Crippen LogP contribution in [0.4, 0.5) is 0 Å². The second-order valence-electron chi connectivity index (χ2n) is 3.86. The first kappa shape index (κ1) is 13.6. The molecule has 0 saturated heterocycles. The first-order valence-electron chi connectivity index (χ1n) is 5.20. The van der Waals surface area contributed by atoms with Crippen LogP contribution in [0.25, 0.3) is 0 Å². The summed E-state index contributed by atoms with van der Waals surface area (Å²) in [5, 5.41) is 0.0341. The lowest BCUT2D eigenvalue weighted by Crippen LogP contribution is -1.95. The number of hydrogen-bond acceptors (Lipinski definition) is 1. The Kier molecular flexibility index (Phi) is 4.70. The zero-order chi connectivity index (χ0) is 12.4. The van der Waals surface area contributed by atoms with Gasteiger partial charge in [0.1, 0.15) is 0 Å². The predicted octanol–water partition coefficient (Wildman–Crippen LogP) is 6.10. The van der Waals surface area contributed by atoms with Crippen molar-refractivity contribution in [3.8, 4) is 0 Å². The minimum Gasteiger partial charge on any atom is -0.133 e. The van der Waals surface area contributed by atoms with Crippen molar-refractivity contribution in [2.75, 3.05) is 0 Å². The van der Waals surface area contributed by atoms with E-state index in [4.69, 9.17) is 11.6 Å². The molecule has 2 aromatic rings. The van der Waals surface area contributed by atoms with Crippen LogP contribution in [-0.4, -0.2) is 0 Å². The average Bonchev–Trinajstić information content (AvgIpc) is 2.58. The first-order valence-corrected chi connectivity index (χ1v) is 8.04. The van der Waals surface area contributed by atoms with Crippen LogP contribution < -0.4 is 0 Å². The fraction of sp³-hybridized carbons (Fsp3) is 0.231. The van der Waals surface area contributed by atoms with Gasteiger partial charge in [0.25, 0.3) is 0 Å².